The Morgan fingerprint density at radius 2 is 2.22 bits per heavy atom. The van der Waals surface area contributed by atoms with Gasteiger partial charge in [0.2, 0.25) is 0 Å². The molecule has 18 heavy (non-hydrogen) atoms. The average molecular weight is 252 g/mol. The van der Waals surface area contributed by atoms with Crippen LogP contribution >= 0.6 is 0 Å². The molecular formula is C13H24N4O. The Morgan fingerprint density at radius 3 is 2.94 bits per heavy atom. The van der Waals surface area contributed by atoms with E-state index < -0.39 is 0 Å². The van der Waals surface area contributed by atoms with E-state index in [1.165, 1.54) is 6.42 Å². The van der Waals surface area contributed by atoms with Crippen molar-refractivity contribution in [2.75, 3.05) is 0 Å². The Labute approximate surface area is 109 Å². The van der Waals surface area contributed by atoms with Gasteiger partial charge in [-0.2, -0.15) is 5.10 Å². The molecule has 1 aliphatic rings. The zero-order chi connectivity index (χ0) is 13.0. The van der Waals surface area contributed by atoms with Crippen molar-refractivity contribution >= 4 is 0 Å². The number of nitrogens with zero attached hydrogens (tertiary/aromatic N) is 3. The van der Waals surface area contributed by atoms with Crippen LogP contribution in [0.25, 0.3) is 0 Å². The lowest BCUT2D eigenvalue weighted by molar-refractivity contribution is 0.0896. The predicted molar refractivity (Wildman–Crippen MR) is 70.0 cm³/mol. The molecule has 0 amide bonds. The van der Waals surface area contributed by atoms with E-state index in [-0.39, 0.29) is 12.1 Å². The molecular weight excluding hydrogens is 228 g/mol. The van der Waals surface area contributed by atoms with E-state index >= 15 is 0 Å². The number of rotatable bonds is 5. The molecule has 0 spiro atoms. The zero-order valence-corrected chi connectivity index (χ0v) is 11.3. The first-order chi connectivity index (χ1) is 8.66. The quantitative estimate of drug-likeness (QED) is 0.830. The largest absolute Gasteiger partial charge is 0.392 e. The fraction of sp³-hybridized carbons (Fsp3) is 0.846. The molecule has 2 rings (SSSR count). The van der Waals surface area contributed by atoms with Crippen molar-refractivity contribution in [2.45, 2.75) is 64.8 Å². The summed E-state index contributed by atoms with van der Waals surface area (Å²) in [5.74, 6) is 1.52. The maximum absolute atomic E-state index is 9.91. The lowest BCUT2D eigenvalue weighted by Crippen LogP contribution is -2.42. The van der Waals surface area contributed by atoms with Gasteiger partial charge in [-0.3, -0.25) is 0 Å². The van der Waals surface area contributed by atoms with Gasteiger partial charge < -0.3 is 10.4 Å². The van der Waals surface area contributed by atoms with E-state index in [9.17, 15) is 5.11 Å². The molecule has 5 heteroatoms. The number of aliphatic hydroxyl groups is 1. The lowest BCUT2D eigenvalue weighted by atomic mass is 9.93. The molecule has 0 aliphatic heterocycles. The second-order valence-corrected chi connectivity index (χ2v) is 5.59. The molecule has 1 aromatic rings. The number of hydrogen-bond donors (Lipinski definition) is 2. The van der Waals surface area contributed by atoms with Gasteiger partial charge in [0.15, 0.2) is 0 Å². The summed E-state index contributed by atoms with van der Waals surface area (Å²) in [6.45, 7) is 5.92. The molecule has 0 bridgehead atoms. The van der Waals surface area contributed by atoms with Gasteiger partial charge in [-0.05, 0) is 18.8 Å². The van der Waals surface area contributed by atoms with Crippen LogP contribution in [0.5, 0.6) is 0 Å². The first-order valence-corrected chi connectivity index (χ1v) is 6.95. The van der Waals surface area contributed by atoms with E-state index in [1.54, 1.807) is 6.33 Å². The van der Waals surface area contributed by atoms with Crippen molar-refractivity contribution < 1.29 is 5.11 Å². The maximum Gasteiger partial charge on any atom is 0.140 e. The first kappa shape index (κ1) is 13.5. The molecule has 2 atom stereocenters. The predicted octanol–water partition coefficient (Wildman–Crippen LogP) is 1.33. The summed E-state index contributed by atoms with van der Waals surface area (Å²) in [5, 5.41) is 17.6. The van der Waals surface area contributed by atoms with Gasteiger partial charge in [0, 0.05) is 12.6 Å². The third-order valence-electron chi connectivity index (χ3n) is 3.49. The Kier molecular flexibility index (Phi) is 4.72. The zero-order valence-electron chi connectivity index (χ0n) is 11.3. The Hall–Kier alpha value is -0.940. The molecule has 1 heterocycles. The highest BCUT2D eigenvalue weighted by molar-refractivity contribution is 4.88. The summed E-state index contributed by atoms with van der Waals surface area (Å²) >= 11 is 0. The van der Waals surface area contributed by atoms with E-state index in [4.69, 9.17) is 0 Å². The van der Waals surface area contributed by atoms with Gasteiger partial charge in [0.05, 0.1) is 12.6 Å². The SMILES string of the molecule is CC(C)Cn1ncnc1CNC1CCCCC1O. The van der Waals surface area contributed by atoms with Crippen molar-refractivity contribution in [3.05, 3.63) is 12.2 Å². The van der Waals surface area contributed by atoms with Crippen LogP contribution in [-0.2, 0) is 13.1 Å². The molecule has 1 saturated carbocycles. The van der Waals surface area contributed by atoms with Crippen LogP contribution in [-0.4, -0.2) is 32.0 Å². The Bertz CT molecular complexity index is 364. The molecule has 2 N–H and O–H groups in total. The summed E-state index contributed by atoms with van der Waals surface area (Å²) in [6.07, 6.45) is 5.71. The molecule has 102 valence electrons. The second kappa shape index (κ2) is 6.29. The molecule has 0 saturated heterocycles. The fourth-order valence-electron chi connectivity index (χ4n) is 2.50. The highest BCUT2D eigenvalue weighted by Gasteiger charge is 2.22. The van der Waals surface area contributed by atoms with Crippen molar-refractivity contribution in [3.63, 3.8) is 0 Å². The lowest BCUT2D eigenvalue weighted by Gasteiger charge is -2.28. The number of aliphatic hydroxyl groups excluding tert-OH is 1. The number of nitrogens with one attached hydrogen (secondary N) is 1. The second-order valence-electron chi connectivity index (χ2n) is 5.59. The minimum Gasteiger partial charge on any atom is -0.392 e. The van der Waals surface area contributed by atoms with E-state index in [2.05, 4.69) is 29.2 Å². The van der Waals surface area contributed by atoms with Crippen molar-refractivity contribution in [2.24, 2.45) is 5.92 Å². The standard InChI is InChI=1S/C13H24N4O/c1-10(2)8-17-13(15-9-16-17)7-14-11-5-3-4-6-12(11)18/h9-12,14,18H,3-8H2,1-2H3. The molecule has 0 aromatic carbocycles. The van der Waals surface area contributed by atoms with E-state index in [1.807, 2.05) is 4.68 Å². The minimum absolute atomic E-state index is 0.208. The highest BCUT2D eigenvalue weighted by Crippen LogP contribution is 2.18. The summed E-state index contributed by atoms with van der Waals surface area (Å²) in [5.41, 5.74) is 0. The average Bonchev–Trinajstić information content (AvgIpc) is 2.75. The minimum atomic E-state index is -0.208. The molecule has 1 aromatic heterocycles. The maximum atomic E-state index is 9.91. The van der Waals surface area contributed by atoms with E-state index in [0.29, 0.717) is 12.5 Å². The van der Waals surface area contributed by atoms with Crippen LogP contribution in [0.4, 0.5) is 0 Å². The molecule has 2 unspecified atom stereocenters. The summed E-state index contributed by atoms with van der Waals surface area (Å²) in [6, 6.07) is 0.211. The summed E-state index contributed by atoms with van der Waals surface area (Å²) < 4.78 is 1.95. The monoisotopic (exact) mass is 252 g/mol. The van der Waals surface area contributed by atoms with E-state index in [0.717, 1.165) is 31.6 Å². The van der Waals surface area contributed by atoms with Crippen LogP contribution in [0.3, 0.4) is 0 Å². The van der Waals surface area contributed by atoms with Crippen molar-refractivity contribution in [1.29, 1.82) is 0 Å². The third kappa shape index (κ3) is 3.53. The summed E-state index contributed by atoms with van der Waals surface area (Å²) in [7, 11) is 0. The van der Waals surface area contributed by atoms with Gasteiger partial charge in [-0.25, -0.2) is 9.67 Å². The van der Waals surface area contributed by atoms with Crippen LogP contribution < -0.4 is 5.32 Å². The van der Waals surface area contributed by atoms with Crippen LogP contribution in [0, 0.1) is 5.92 Å². The first-order valence-electron chi connectivity index (χ1n) is 6.95. The van der Waals surface area contributed by atoms with Crippen molar-refractivity contribution in [1.82, 2.24) is 20.1 Å². The normalized spacial score (nSPS) is 24.7. The Morgan fingerprint density at radius 1 is 1.44 bits per heavy atom. The summed E-state index contributed by atoms with van der Waals surface area (Å²) in [4.78, 5) is 4.29. The molecule has 1 aliphatic carbocycles. The third-order valence-corrected chi connectivity index (χ3v) is 3.49. The molecule has 0 radical (unpaired) electrons. The van der Waals surface area contributed by atoms with Crippen molar-refractivity contribution in [3.8, 4) is 0 Å². The van der Waals surface area contributed by atoms with Crippen LogP contribution in [0.2, 0.25) is 0 Å². The van der Waals surface area contributed by atoms with Crippen LogP contribution in [0.15, 0.2) is 6.33 Å². The van der Waals surface area contributed by atoms with Gasteiger partial charge in [0.1, 0.15) is 12.2 Å². The molecule has 5 nitrogen and oxygen atoms in total. The van der Waals surface area contributed by atoms with Gasteiger partial charge in [-0.1, -0.05) is 26.7 Å². The topological polar surface area (TPSA) is 63.0 Å². The number of aromatic nitrogens is 3. The number of hydrogen-bond acceptors (Lipinski definition) is 4. The van der Waals surface area contributed by atoms with Gasteiger partial charge in [0.25, 0.3) is 0 Å². The van der Waals surface area contributed by atoms with Gasteiger partial charge in [-0.15, -0.1) is 0 Å². The fourth-order valence-corrected chi connectivity index (χ4v) is 2.50. The molecule has 1 fully saturated rings. The Balaban J connectivity index is 1.87. The van der Waals surface area contributed by atoms with Gasteiger partial charge >= 0.3 is 0 Å². The van der Waals surface area contributed by atoms with Crippen LogP contribution in [0.1, 0.15) is 45.4 Å². The highest BCUT2D eigenvalue weighted by atomic mass is 16.3. The smallest absolute Gasteiger partial charge is 0.140 e.